The highest BCUT2D eigenvalue weighted by atomic mass is 32.2. The molecular weight excluding hydrogens is 474 g/mol. The fraction of sp³-hybridized carbons (Fsp3) is 0.348. The number of nitro groups is 1. The quantitative estimate of drug-likeness (QED) is 0.359. The predicted octanol–water partition coefficient (Wildman–Crippen LogP) is 2.53. The molecule has 1 aromatic heterocycles. The molecule has 0 bridgehead atoms. The number of fused-ring (bicyclic) bond motifs is 1. The molecule has 0 unspecified atom stereocenters. The van der Waals surface area contributed by atoms with Gasteiger partial charge < -0.3 is 24.5 Å². The average molecular weight is 500 g/mol. The molecule has 2 aliphatic heterocycles. The number of sulfonamides is 1. The summed E-state index contributed by atoms with van der Waals surface area (Å²) in [6, 6.07) is 16.3. The summed E-state index contributed by atoms with van der Waals surface area (Å²) in [4.78, 5) is 16.7. The number of nitrogens with zero attached hydrogens (tertiary/aromatic N) is 5. The van der Waals surface area contributed by atoms with Gasteiger partial charge in [-0.3, -0.25) is 4.57 Å². The van der Waals surface area contributed by atoms with E-state index in [2.05, 4.69) is 9.88 Å². The van der Waals surface area contributed by atoms with Crippen LogP contribution in [-0.4, -0.2) is 65.6 Å². The Morgan fingerprint density at radius 1 is 1.09 bits per heavy atom. The molecule has 0 aliphatic carbocycles. The maximum Gasteiger partial charge on any atom is 0.415 e. The van der Waals surface area contributed by atoms with Crippen LogP contribution < -0.4 is 14.4 Å². The molecule has 0 spiro atoms. The van der Waals surface area contributed by atoms with Crippen molar-refractivity contribution in [3.63, 3.8) is 0 Å². The molecule has 5 rings (SSSR count). The molecule has 35 heavy (non-hydrogen) atoms. The first kappa shape index (κ1) is 23.1. The molecule has 0 amide bonds. The minimum absolute atomic E-state index is 0.214. The van der Waals surface area contributed by atoms with Gasteiger partial charge in [0.25, 0.3) is 0 Å². The van der Waals surface area contributed by atoms with E-state index in [0.717, 1.165) is 5.69 Å². The summed E-state index contributed by atoms with van der Waals surface area (Å²) in [6.45, 7) is 4.53. The second kappa shape index (κ2) is 8.86. The van der Waals surface area contributed by atoms with E-state index in [-0.39, 0.29) is 18.4 Å². The third-order valence-electron chi connectivity index (χ3n) is 6.12. The van der Waals surface area contributed by atoms with Crippen molar-refractivity contribution in [1.82, 2.24) is 13.9 Å². The first-order valence-electron chi connectivity index (χ1n) is 11.2. The molecule has 12 heteroatoms. The van der Waals surface area contributed by atoms with Gasteiger partial charge in [-0.25, -0.2) is 8.42 Å². The SMILES string of the molecule is C[C@]1(COc2ccc(N3CCN(S(=O)(=O)c4ccccc4)CC3)cc2)Cn2cc([N+](=O)[O-])nc2O1. The average Bonchev–Trinajstić information content (AvgIpc) is 3.39. The van der Waals surface area contributed by atoms with Gasteiger partial charge in [-0.05, 0) is 48.2 Å². The van der Waals surface area contributed by atoms with Crippen LogP contribution in [-0.2, 0) is 16.6 Å². The lowest BCUT2D eigenvalue weighted by Crippen LogP contribution is -2.48. The van der Waals surface area contributed by atoms with Gasteiger partial charge >= 0.3 is 11.8 Å². The molecule has 0 radical (unpaired) electrons. The smallest absolute Gasteiger partial charge is 0.415 e. The van der Waals surface area contributed by atoms with E-state index >= 15 is 0 Å². The number of anilines is 1. The Kier molecular flexibility index (Phi) is 5.85. The molecule has 3 heterocycles. The van der Waals surface area contributed by atoms with Gasteiger partial charge in [-0.2, -0.15) is 4.31 Å². The molecule has 1 saturated heterocycles. The summed E-state index contributed by atoms with van der Waals surface area (Å²) >= 11 is 0. The molecule has 184 valence electrons. The fourth-order valence-electron chi connectivity index (χ4n) is 4.27. The minimum atomic E-state index is -3.48. The second-order valence-corrected chi connectivity index (χ2v) is 10.7. The van der Waals surface area contributed by atoms with E-state index in [1.165, 1.54) is 10.5 Å². The molecule has 1 atom stereocenters. The Labute approximate surface area is 202 Å². The van der Waals surface area contributed by atoms with Crippen LogP contribution in [0.4, 0.5) is 11.5 Å². The highest BCUT2D eigenvalue weighted by Crippen LogP contribution is 2.32. The lowest BCUT2D eigenvalue weighted by Gasteiger charge is -2.35. The van der Waals surface area contributed by atoms with Crippen molar-refractivity contribution in [3.05, 3.63) is 70.9 Å². The van der Waals surface area contributed by atoms with Gasteiger partial charge in [0.05, 0.1) is 11.4 Å². The van der Waals surface area contributed by atoms with Crippen molar-refractivity contribution in [2.75, 3.05) is 37.7 Å². The van der Waals surface area contributed by atoms with E-state index < -0.39 is 20.5 Å². The summed E-state index contributed by atoms with van der Waals surface area (Å²) < 4.78 is 40.5. The number of ether oxygens (including phenoxy) is 2. The third-order valence-corrected chi connectivity index (χ3v) is 8.04. The molecule has 0 N–H and O–H groups in total. The maximum absolute atomic E-state index is 12.8. The second-order valence-electron chi connectivity index (χ2n) is 8.81. The zero-order chi connectivity index (χ0) is 24.6. The maximum atomic E-state index is 12.8. The number of imidazole rings is 1. The van der Waals surface area contributed by atoms with Crippen molar-refractivity contribution in [2.45, 2.75) is 24.0 Å². The zero-order valence-electron chi connectivity index (χ0n) is 19.1. The van der Waals surface area contributed by atoms with Crippen LogP contribution >= 0.6 is 0 Å². The fourth-order valence-corrected chi connectivity index (χ4v) is 5.72. The summed E-state index contributed by atoms with van der Waals surface area (Å²) in [5.41, 5.74) is 0.307. The van der Waals surface area contributed by atoms with Crippen LogP contribution in [0.3, 0.4) is 0 Å². The molecule has 3 aromatic rings. The Hall–Kier alpha value is -3.64. The number of hydrogen-bond acceptors (Lipinski definition) is 8. The number of aromatic nitrogens is 2. The van der Waals surface area contributed by atoms with Crippen LogP contribution in [0.5, 0.6) is 11.8 Å². The van der Waals surface area contributed by atoms with E-state index in [0.29, 0.717) is 43.4 Å². The van der Waals surface area contributed by atoms with Gasteiger partial charge in [-0.1, -0.05) is 18.2 Å². The van der Waals surface area contributed by atoms with E-state index in [1.54, 1.807) is 34.9 Å². The molecule has 11 nitrogen and oxygen atoms in total. The summed E-state index contributed by atoms with van der Waals surface area (Å²) in [6.07, 6.45) is 1.36. The predicted molar refractivity (Wildman–Crippen MR) is 127 cm³/mol. The highest BCUT2D eigenvalue weighted by Gasteiger charge is 2.41. The monoisotopic (exact) mass is 499 g/mol. The topological polar surface area (TPSA) is 120 Å². The summed E-state index contributed by atoms with van der Waals surface area (Å²) in [5, 5.41) is 10.9. The Morgan fingerprint density at radius 2 is 1.77 bits per heavy atom. The lowest BCUT2D eigenvalue weighted by molar-refractivity contribution is -0.389. The number of rotatable bonds is 7. The van der Waals surface area contributed by atoms with E-state index in [1.807, 2.05) is 31.2 Å². The van der Waals surface area contributed by atoms with Crippen LogP contribution in [0.25, 0.3) is 0 Å². The van der Waals surface area contributed by atoms with Gasteiger partial charge in [0.15, 0.2) is 5.60 Å². The van der Waals surface area contributed by atoms with Crippen LogP contribution in [0, 0.1) is 10.1 Å². The van der Waals surface area contributed by atoms with Gasteiger partial charge in [0.1, 0.15) is 18.6 Å². The number of hydrogen-bond donors (Lipinski definition) is 0. The molecule has 2 aromatic carbocycles. The molecule has 0 saturated carbocycles. The first-order chi connectivity index (χ1) is 16.7. The Morgan fingerprint density at radius 3 is 2.40 bits per heavy atom. The lowest BCUT2D eigenvalue weighted by atomic mass is 10.1. The normalized spacial score (nSPS) is 20.3. The van der Waals surface area contributed by atoms with Gasteiger partial charge in [0, 0.05) is 36.9 Å². The number of piperazine rings is 1. The molecule has 2 aliphatic rings. The minimum Gasteiger partial charge on any atom is -0.489 e. The summed E-state index contributed by atoms with van der Waals surface area (Å²) in [5.74, 6) is 0.427. The van der Waals surface area contributed by atoms with Crippen molar-refractivity contribution in [2.24, 2.45) is 0 Å². The van der Waals surface area contributed by atoms with Crippen molar-refractivity contribution >= 4 is 21.5 Å². The van der Waals surface area contributed by atoms with E-state index in [9.17, 15) is 18.5 Å². The third kappa shape index (κ3) is 4.66. The zero-order valence-corrected chi connectivity index (χ0v) is 19.9. The van der Waals surface area contributed by atoms with Crippen molar-refractivity contribution in [1.29, 1.82) is 0 Å². The highest BCUT2D eigenvalue weighted by molar-refractivity contribution is 7.89. The van der Waals surface area contributed by atoms with Crippen LogP contribution in [0.15, 0.2) is 65.7 Å². The largest absolute Gasteiger partial charge is 0.489 e. The number of benzene rings is 2. The molecular formula is C23H25N5O6S. The Bertz CT molecular complexity index is 1290. The first-order valence-corrected chi connectivity index (χ1v) is 12.6. The van der Waals surface area contributed by atoms with Crippen molar-refractivity contribution in [3.8, 4) is 11.8 Å². The van der Waals surface area contributed by atoms with E-state index in [4.69, 9.17) is 9.47 Å². The van der Waals surface area contributed by atoms with Crippen molar-refractivity contribution < 1.29 is 22.8 Å². The summed E-state index contributed by atoms with van der Waals surface area (Å²) in [7, 11) is -3.48. The van der Waals surface area contributed by atoms with Gasteiger partial charge in [0.2, 0.25) is 10.0 Å². The van der Waals surface area contributed by atoms with Gasteiger partial charge in [-0.15, -0.1) is 0 Å². The Balaban J connectivity index is 1.14. The molecule has 1 fully saturated rings. The standard InChI is InChI=1S/C23H25N5O6S/c1-23(16-26-15-21(28(29)30)24-22(26)34-23)17-33-19-9-7-18(8-10-19)25-11-13-27(14-12-25)35(31,32)20-5-3-2-4-6-20/h2-10,15H,11-14,16-17H2,1H3/t23-/m1/s1. The van der Waals surface area contributed by atoms with Crippen LogP contribution in [0.2, 0.25) is 0 Å². The van der Waals surface area contributed by atoms with Crippen LogP contribution in [0.1, 0.15) is 6.92 Å².